The summed E-state index contributed by atoms with van der Waals surface area (Å²) < 4.78 is 9.72. The summed E-state index contributed by atoms with van der Waals surface area (Å²) in [5, 5.41) is 4.34. The highest BCUT2D eigenvalue weighted by Gasteiger charge is 2.15. The van der Waals surface area contributed by atoms with Gasteiger partial charge in [-0.05, 0) is 32.9 Å². The fourth-order valence-corrected chi connectivity index (χ4v) is 2.09. The van der Waals surface area contributed by atoms with Gasteiger partial charge >= 0.3 is 12.1 Å². The molecule has 1 amide bonds. The van der Waals surface area contributed by atoms with Gasteiger partial charge in [-0.3, -0.25) is 0 Å². The monoisotopic (exact) mass is 297 g/mol. The standard InChI is InChI=1S/C14H19NO4S/c1-14(2,3)19-13(17)15-7-5-6-11-8-10(9-20-11)12(16)18-4/h5-6,8-9H,7H2,1-4H3,(H,15,17). The van der Waals surface area contributed by atoms with Gasteiger partial charge in [-0.15, -0.1) is 11.3 Å². The van der Waals surface area contributed by atoms with Gasteiger partial charge in [-0.25, -0.2) is 9.59 Å². The Kier molecular flexibility index (Phi) is 5.76. The van der Waals surface area contributed by atoms with E-state index in [1.54, 1.807) is 17.5 Å². The highest BCUT2D eigenvalue weighted by atomic mass is 32.1. The Hall–Kier alpha value is -1.82. The van der Waals surface area contributed by atoms with E-state index in [0.29, 0.717) is 12.1 Å². The molecule has 110 valence electrons. The number of carbonyl (C=O) groups is 2. The lowest BCUT2D eigenvalue weighted by Crippen LogP contribution is -2.32. The quantitative estimate of drug-likeness (QED) is 0.867. The van der Waals surface area contributed by atoms with E-state index in [1.165, 1.54) is 18.4 Å². The second-order valence-corrected chi connectivity index (χ2v) is 5.96. The van der Waals surface area contributed by atoms with Gasteiger partial charge in [-0.1, -0.05) is 6.08 Å². The highest BCUT2D eigenvalue weighted by Crippen LogP contribution is 2.16. The van der Waals surface area contributed by atoms with E-state index < -0.39 is 11.7 Å². The van der Waals surface area contributed by atoms with E-state index in [0.717, 1.165) is 4.88 Å². The zero-order chi connectivity index (χ0) is 15.2. The summed E-state index contributed by atoms with van der Waals surface area (Å²) in [6, 6.07) is 1.74. The second-order valence-electron chi connectivity index (χ2n) is 5.01. The topological polar surface area (TPSA) is 64.6 Å². The molecule has 0 spiro atoms. The molecule has 0 saturated carbocycles. The van der Waals surface area contributed by atoms with Crippen LogP contribution in [0, 0.1) is 0 Å². The fourth-order valence-electron chi connectivity index (χ4n) is 1.30. The number of methoxy groups -OCH3 is 1. The van der Waals surface area contributed by atoms with Crippen LogP contribution in [0.25, 0.3) is 6.08 Å². The molecule has 0 saturated heterocycles. The summed E-state index contributed by atoms with van der Waals surface area (Å²) in [5.74, 6) is -0.354. The predicted octanol–water partition coefficient (Wildman–Crippen LogP) is 3.07. The van der Waals surface area contributed by atoms with Crippen molar-refractivity contribution in [1.82, 2.24) is 5.32 Å². The zero-order valence-corrected chi connectivity index (χ0v) is 12.9. The maximum atomic E-state index is 11.4. The Balaban J connectivity index is 2.40. The summed E-state index contributed by atoms with van der Waals surface area (Å²) in [4.78, 5) is 23.6. The molecule has 0 aliphatic heterocycles. The van der Waals surface area contributed by atoms with Crippen LogP contribution in [0.5, 0.6) is 0 Å². The van der Waals surface area contributed by atoms with Crippen LogP contribution in [0.1, 0.15) is 36.0 Å². The molecule has 0 atom stereocenters. The van der Waals surface area contributed by atoms with Gasteiger partial charge in [0.15, 0.2) is 0 Å². The molecular formula is C14H19NO4S. The minimum atomic E-state index is -0.503. The number of rotatable bonds is 4. The van der Waals surface area contributed by atoms with E-state index in [4.69, 9.17) is 4.74 Å². The van der Waals surface area contributed by atoms with Gasteiger partial charge in [-0.2, -0.15) is 0 Å². The molecule has 1 aromatic heterocycles. The molecule has 6 heteroatoms. The lowest BCUT2D eigenvalue weighted by molar-refractivity contribution is 0.0532. The SMILES string of the molecule is COC(=O)c1csc(C=CCNC(=O)OC(C)(C)C)c1. The van der Waals surface area contributed by atoms with Crippen molar-refractivity contribution in [3.8, 4) is 0 Å². The molecule has 1 rings (SSSR count). The molecule has 0 aromatic carbocycles. The normalized spacial score (nSPS) is 11.4. The van der Waals surface area contributed by atoms with Gasteiger partial charge in [0, 0.05) is 16.8 Å². The lowest BCUT2D eigenvalue weighted by atomic mass is 10.2. The molecule has 0 radical (unpaired) electrons. The van der Waals surface area contributed by atoms with E-state index >= 15 is 0 Å². The van der Waals surface area contributed by atoms with Gasteiger partial charge < -0.3 is 14.8 Å². The molecule has 0 bridgehead atoms. The molecule has 0 aliphatic carbocycles. The second kappa shape index (κ2) is 7.09. The molecule has 5 nitrogen and oxygen atoms in total. The minimum Gasteiger partial charge on any atom is -0.465 e. The van der Waals surface area contributed by atoms with Crippen molar-refractivity contribution in [2.45, 2.75) is 26.4 Å². The first-order valence-electron chi connectivity index (χ1n) is 6.12. The molecule has 1 aromatic rings. The number of nitrogens with one attached hydrogen (secondary N) is 1. The third-order valence-electron chi connectivity index (χ3n) is 2.09. The number of alkyl carbamates (subject to hydrolysis) is 1. The van der Waals surface area contributed by atoms with Crippen molar-refractivity contribution in [3.63, 3.8) is 0 Å². The fraction of sp³-hybridized carbons (Fsp3) is 0.429. The number of hydrogen-bond donors (Lipinski definition) is 1. The van der Waals surface area contributed by atoms with Crippen LogP contribution in [-0.4, -0.2) is 31.3 Å². The smallest absolute Gasteiger partial charge is 0.407 e. The van der Waals surface area contributed by atoms with Gasteiger partial charge in [0.2, 0.25) is 0 Å². The Bertz CT molecular complexity index is 500. The van der Waals surface area contributed by atoms with Gasteiger partial charge in [0.25, 0.3) is 0 Å². The summed E-state index contributed by atoms with van der Waals surface area (Å²) >= 11 is 1.43. The Labute approximate surface area is 122 Å². The number of thiophene rings is 1. The van der Waals surface area contributed by atoms with Crippen molar-refractivity contribution in [1.29, 1.82) is 0 Å². The molecule has 0 fully saturated rings. The Morgan fingerprint density at radius 1 is 1.40 bits per heavy atom. The lowest BCUT2D eigenvalue weighted by Gasteiger charge is -2.19. The third kappa shape index (κ3) is 5.88. The maximum absolute atomic E-state index is 11.4. The first-order chi connectivity index (χ1) is 9.31. The van der Waals surface area contributed by atoms with Gasteiger partial charge in [0.05, 0.1) is 12.7 Å². The molecule has 0 aliphatic rings. The van der Waals surface area contributed by atoms with E-state index in [-0.39, 0.29) is 5.97 Å². The first-order valence-corrected chi connectivity index (χ1v) is 7.00. The summed E-state index contributed by atoms with van der Waals surface area (Å²) in [5.41, 5.74) is 0.0222. The van der Waals surface area contributed by atoms with E-state index in [2.05, 4.69) is 10.1 Å². The molecule has 0 unspecified atom stereocenters. The number of ether oxygens (including phenoxy) is 2. The van der Waals surface area contributed by atoms with Gasteiger partial charge in [0.1, 0.15) is 5.60 Å². The van der Waals surface area contributed by atoms with E-state index in [9.17, 15) is 9.59 Å². The van der Waals surface area contributed by atoms with Crippen LogP contribution in [0.2, 0.25) is 0 Å². The number of hydrogen-bond acceptors (Lipinski definition) is 5. The van der Waals surface area contributed by atoms with Crippen LogP contribution in [0.15, 0.2) is 17.5 Å². The highest BCUT2D eigenvalue weighted by molar-refractivity contribution is 7.11. The number of carbonyl (C=O) groups excluding carboxylic acids is 2. The van der Waals surface area contributed by atoms with Crippen LogP contribution in [-0.2, 0) is 9.47 Å². The van der Waals surface area contributed by atoms with Crippen molar-refractivity contribution in [2.24, 2.45) is 0 Å². The maximum Gasteiger partial charge on any atom is 0.407 e. The predicted molar refractivity (Wildman–Crippen MR) is 78.9 cm³/mol. The van der Waals surface area contributed by atoms with Crippen molar-refractivity contribution in [2.75, 3.05) is 13.7 Å². The van der Waals surface area contributed by atoms with Crippen LogP contribution < -0.4 is 5.32 Å². The minimum absolute atomic E-state index is 0.354. The summed E-state index contributed by atoms with van der Waals surface area (Å²) in [6.45, 7) is 5.79. The molecule has 1 heterocycles. The Morgan fingerprint density at radius 3 is 2.70 bits per heavy atom. The van der Waals surface area contributed by atoms with Crippen molar-refractivity contribution in [3.05, 3.63) is 28.0 Å². The summed E-state index contributed by atoms with van der Waals surface area (Å²) in [7, 11) is 1.35. The van der Waals surface area contributed by atoms with Crippen molar-refractivity contribution < 1.29 is 19.1 Å². The zero-order valence-electron chi connectivity index (χ0n) is 12.1. The number of esters is 1. The van der Waals surface area contributed by atoms with Crippen LogP contribution in [0.3, 0.4) is 0 Å². The average molecular weight is 297 g/mol. The van der Waals surface area contributed by atoms with Crippen LogP contribution in [0.4, 0.5) is 4.79 Å². The Morgan fingerprint density at radius 2 is 2.10 bits per heavy atom. The average Bonchev–Trinajstić information content (AvgIpc) is 2.80. The summed E-state index contributed by atoms with van der Waals surface area (Å²) in [6.07, 6.45) is 3.16. The largest absolute Gasteiger partial charge is 0.465 e. The number of amides is 1. The molecular weight excluding hydrogens is 278 g/mol. The van der Waals surface area contributed by atoms with Crippen molar-refractivity contribution >= 4 is 29.5 Å². The molecule has 20 heavy (non-hydrogen) atoms. The molecule has 1 N–H and O–H groups in total. The van der Waals surface area contributed by atoms with E-state index in [1.807, 2.05) is 26.8 Å². The first kappa shape index (κ1) is 16.2. The van der Waals surface area contributed by atoms with Crippen LogP contribution >= 0.6 is 11.3 Å². The third-order valence-corrected chi connectivity index (χ3v) is 2.98.